The molecule has 2 N–H and O–H groups in total. The van der Waals surface area contributed by atoms with Crippen molar-refractivity contribution in [3.05, 3.63) is 40.3 Å². The van der Waals surface area contributed by atoms with Gasteiger partial charge in [0.25, 0.3) is 0 Å². The number of fused-ring (bicyclic) bond motifs is 3. The topological polar surface area (TPSA) is 34.9 Å². The molecule has 0 aromatic carbocycles. The van der Waals surface area contributed by atoms with Crippen LogP contribution in [0.5, 0.6) is 0 Å². The molecule has 3 heterocycles. The van der Waals surface area contributed by atoms with E-state index in [0.717, 1.165) is 18.7 Å². The maximum absolute atomic E-state index is 3.55. The quantitative estimate of drug-likeness (QED) is 0.637. The Hall–Kier alpha value is -1.52. The minimum Gasteiger partial charge on any atom is -1.00 e. The third kappa shape index (κ3) is 1.83. The summed E-state index contributed by atoms with van der Waals surface area (Å²) < 4.78 is 2.13. The molecule has 1 aliphatic rings. The molecule has 0 spiro atoms. The van der Waals surface area contributed by atoms with E-state index >= 15 is 0 Å². The number of hydrogen-bond donors (Lipinski definition) is 1. The highest BCUT2D eigenvalue weighted by atomic mass is 35.5. The number of H-pyrrole nitrogens is 2. The Morgan fingerprint density at radius 1 is 1.32 bits per heavy atom. The minimum atomic E-state index is 0. The monoisotopic (exact) mass is 291 g/mol. The van der Waals surface area contributed by atoms with Crippen molar-refractivity contribution in [3.63, 3.8) is 0 Å². The van der Waals surface area contributed by atoms with Gasteiger partial charge < -0.3 is 17.0 Å². The molecule has 0 fully saturated rings. The third-order valence-electron chi connectivity index (χ3n) is 3.64. The molecule has 0 saturated heterocycles. The zero-order valence-corrected chi connectivity index (χ0v) is 12.1. The number of nitrogens with zero attached hydrogens (tertiary/aromatic N) is 1. The van der Waals surface area contributed by atoms with Crippen molar-refractivity contribution in [2.24, 2.45) is 7.05 Å². The molecular weight excluding hydrogens is 278 g/mol. The van der Waals surface area contributed by atoms with Gasteiger partial charge in [0.05, 0.1) is 0 Å². The third-order valence-corrected chi connectivity index (χ3v) is 4.63. The molecule has 0 saturated carbocycles. The number of rotatable bonds is 1. The van der Waals surface area contributed by atoms with Crippen molar-refractivity contribution in [2.45, 2.75) is 12.8 Å². The first-order valence-corrected chi connectivity index (χ1v) is 7.03. The number of hydrogen-bond acceptors (Lipinski definition) is 1. The largest absolute Gasteiger partial charge is 1.00 e. The standard InChI is InChI=1S/C14H13N3S.ClH/c1-17-7-2-3-11(17)14-15-10-4-5-12-9(6-8-18-12)13(10)16-14;/h2-3,6-8H,4-5H2,1H3,(H,15,16);1H. The summed E-state index contributed by atoms with van der Waals surface area (Å²) in [6.45, 7) is 0. The molecule has 19 heavy (non-hydrogen) atoms. The van der Waals surface area contributed by atoms with Crippen LogP contribution in [0.3, 0.4) is 0 Å². The van der Waals surface area contributed by atoms with Gasteiger partial charge in [-0.1, -0.05) is 0 Å². The second-order valence-electron chi connectivity index (χ2n) is 4.74. The zero-order valence-electron chi connectivity index (χ0n) is 10.5. The van der Waals surface area contributed by atoms with E-state index in [0.29, 0.717) is 0 Å². The number of thiophene rings is 1. The predicted molar refractivity (Wildman–Crippen MR) is 72.5 cm³/mol. The maximum Gasteiger partial charge on any atom is 0.302 e. The molecule has 3 nitrogen and oxygen atoms in total. The summed E-state index contributed by atoms with van der Waals surface area (Å²) in [7, 11) is 2.07. The first-order valence-electron chi connectivity index (χ1n) is 6.15. The molecule has 1 aliphatic carbocycles. The molecule has 0 amide bonds. The van der Waals surface area contributed by atoms with Gasteiger partial charge in [-0.15, -0.1) is 11.3 Å². The lowest BCUT2D eigenvalue weighted by molar-refractivity contribution is -0.350. The summed E-state index contributed by atoms with van der Waals surface area (Å²) in [5.41, 5.74) is 5.17. The van der Waals surface area contributed by atoms with E-state index in [-0.39, 0.29) is 12.4 Å². The van der Waals surface area contributed by atoms with Crippen molar-refractivity contribution >= 4 is 11.3 Å². The fraction of sp³-hybridized carbons (Fsp3) is 0.214. The van der Waals surface area contributed by atoms with E-state index in [1.54, 1.807) is 0 Å². The summed E-state index contributed by atoms with van der Waals surface area (Å²) in [5, 5.41) is 2.18. The fourth-order valence-corrected chi connectivity index (χ4v) is 3.59. The van der Waals surface area contributed by atoms with Crippen molar-refractivity contribution in [1.29, 1.82) is 0 Å². The number of aromatic nitrogens is 3. The first-order chi connectivity index (χ1) is 8.83. The number of aromatic amines is 2. The Balaban J connectivity index is 0.00000110. The van der Waals surface area contributed by atoms with Crippen LogP contribution < -0.4 is 17.4 Å². The van der Waals surface area contributed by atoms with Gasteiger partial charge in [-0.2, -0.15) is 0 Å². The number of nitrogens with one attached hydrogen (secondary N) is 2. The molecule has 0 unspecified atom stereocenters. The van der Waals surface area contributed by atoms with E-state index in [2.05, 4.69) is 51.4 Å². The van der Waals surface area contributed by atoms with Crippen molar-refractivity contribution in [3.8, 4) is 22.8 Å². The minimum absolute atomic E-state index is 0. The number of imidazole rings is 1. The van der Waals surface area contributed by atoms with Crippen LogP contribution in [-0.2, 0) is 19.9 Å². The molecule has 98 valence electrons. The molecule has 5 heteroatoms. The van der Waals surface area contributed by atoms with E-state index in [1.807, 2.05) is 11.3 Å². The van der Waals surface area contributed by atoms with Crippen LogP contribution in [0.15, 0.2) is 29.8 Å². The fourth-order valence-electron chi connectivity index (χ4n) is 2.71. The first kappa shape index (κ1) is 12.5. The molecule has 0 radical (unpaired) electrons. The van der Waals surface area contributed by atoms with Gasteiger partial charge in [0.1, 0.15) is 11.4 Å². The normalized spacial score (nSPS) is 12.7. The highest BCUT2D eigenvalue weighted by molar-refractivity contribution is 7.10. The van der Waals surface area contributed by atoms with E-state index < -0.39 is 0 Å². The summed E-state index contributed by atoms with van der Waals surface area (Å²) in [6, 6.07) is 6.42. The SMILES string of the molecule is Cn1cccc1-c1[nH]c2c([nH+]1)-c1ccsc1CC2.[Cl-]. The molecule has 0 bridgehead atoms. The zero-order chi connectivity index (χ0) is 12.1. The van der Waals surface area contributed by atoms with Crippen LogP contribution in [0.4, 0.5) is 0 Å². The van der Waals surface area contributed by atoms with Crippen LogP contribution in [0.2, 0.25) is 0 Å². The van der Waals surface area contributed by atoms with Crippen LogP contribution in [0.25, 0.3) is 22.8 Å². The molecule has 4 rings (SSSR count). The summed E-state index contributed by atoms with van der Waals surface area (Å²) in [6.07, 6.45) is 4.32. The Morgan fingerprint density at radius 3 is 3.00 bits per heavy atom. The van der Waals surface area contributed by atoms with Crippen LogP contribution in [0.1, 0.15) is 10.6 Å². The van der Waals surface area contributed by atoms with E-state index in [4.69, 9.17) is 0 Å². The van der Waals surface area contributed by atoms with Gasteiger partial charge in [-0.3, -0.25) is 0 Å². The molecule has 0 aliphatic heterocycles. The van der Waals surface area contributed by atoms with Gasteiger partial charge in [-0.05, 0) is 30.0 Å². The maximum atomic E-state index is 3.55. The lowest BCUT2D eigenvalue weighted by atomic mass is 10.0. The lowest BCUT2D eigenvalue weighted by Gasteiger charge is -2.05. The van der Waals surface area contributed by atoms with Gasteiger partial charge in [0.15, 0.2) is 5.69 Å². The summed E-state index contributed by atoms with van der Waals surface area (Å²) in [5.74, 6) is 1.10. The Bertz CT molecular complexity index is 723. The smallest absolute Gasteiger partial charge is 0.302 e. The van der Waals surface area contributed by atoms with E-state index in [9.17, 15) is 0 Å². The van der Waals surface area contributed by atoms with Crippen LogP contribution in [0, 0.1) is 0 Å². The van der Waals surface area contributed by atoms with Crippen LogP contribution in [-0.4, -0.2) is 9.55 Å². The highest BCUT2D eigenvalue weighted by Crippen LogP contribution is 2.34. The van der Waals surface area contributed by atoms with Crippen LogP contribution >= 0.6 is 11.3 Å². The van der Waals surface area contributed by atoms with Gasteiger partial charge in [0.2, 0.25) is 0 Å². The van der Waals surface area contributed by atoms with E-state index in [1.165, 1.54) is 27.5 Å². The summed E-state index contributed by atoms with van der Waals surface area (Å²) in [4.78, 5) is 8.58. The van der Waals surface area contributed by atoms with Crippen molar-refractivity contribution < 1.29 is 17.4 Å². The highest BCUT2D eigenvalue weighted by Gasteiger charge is 2.27. The average Bonchev–Trinajstić information content (AvgIpc) is 3.04. The average molecular weight is 292 g/mol. The number of halogens is 1. The second-order valence-corrected chi connectivity index (χ2v) is 5.74. The summed E-state index contributed by atoms with van der Waals surface area (Å²) >= 11 is 1.86. The number of aryl methyl sites for hydroxylation is 3. The predicted octanol–water partition coefficient (Wildman–Crippen LogP) is -0.335. The Kier molecular flexibility index (Phi) is 2.99. The van der Waals surface area contributed by atoms with Gasteiger partial charge in [-0.25, -0.2) is 9.97 Å². The van der Waals surface area contributed by atoms with Crippen molar-refractivity contribution in [2.75, 3.05) is 0 Å². The molecule has 0 atom stereocenters. The second kappa shape index (κ2) is 4.54. The van der Waals surface area contributed by atoms with Crippen molar-refractivity contribution in [1.82, 2.24) is 9.55 Å². The van der Waals surface area contributed by atoms with Gasteiger partial charge in [0, 0.05) is 30.1 Å². The molecular formula is C14H14ClN3S. The van der Waals surface area contributed by atoms with Gasteiger partial charge >= 0.3 is 5.82 Å². The Morgan fingerprint density at radius 2 is 2.21 bits per heavy atom. The molecule has 3 aromatic heterocycles. The lowest BCUT2D eigenvalue weighted by Crippen LogP contribution is -3.00. The Labute approximate surface area is 121 Å². The molecule has 3 aromatic rings.